The Morgan fingerprint density at radius 1 is 1.42 bits per heavy atom. The van der Waals surface area contributed by atoms with Crippen LogP contribution in [0.15, 0.2) is 18.2 Å². The number of nitrogens with one attached hydrogen (secondary N) is 1. The number of hydrogen-bond donors (Lipinski definition) is 2. The number of benzene rings is 1. The van der Waals surface area contributed by atoms with Crippen molar-refractivity contribution in [3.8, 4) is 0 Å². The maximum Gasteiger partial charge on any atom is 0.125 e. The largest absolute Gasteiger partial charge is 0.384 e. The van der Waals surface area contributed by atoms with Crippen LogP contribution < -0.4 is 10.6 Å². The maximum atomic E-state index is 13.3. The lowest BCUT2D eigenvalue weighted by Crippen LogP contribution is -2.34. The predicted octanol–water partition coefficient (Wildman–Crippen LogP) is 1.50. The normalized spacial score (nSPS) is 23.1. The van der Waals surface area contributed by atoms with E-state index in [1.807, 2.05) is 0 Å². The van der Waals surface area contributed by atoms with Crippen LogP contribution in [0.2, 0.25) is 0 Å². The molecule has 1 saturated heterocycles. The molecular weight excluding hydrogens is 243 g/mol. The average molecular weight is 264 g/mol. The van der Waals surface area contributed by atoms with Crippen LogP contribution in [0, 0.1) is 17.1 Å². The monoisotopic (exact) mass is 264 g/mol. The van der Waals surface area contributed by atoms with Crippen molar-refractivity contribution in [2.75, 3.05) is 32.1 Å². The number of hydrogen-bond acceptors (Lipinski definition) is 3. The van der Waals surface area contributed by atoms with Gasteiger partial charge in [0.25, 0.3) is 0 Å². The summed E-state index contributed by atoms with van der Waals surface area (Å²) >= 11 is 0. The van der Waals surface area contributed by atoms with Gasteiger partial charge in [0.1, 0.15) is 11.7 Å². The first-order valence-corrected chi connectivity index (χ1v) is 6.45. The van der Waals surface area contributed by atoms with Gasteiger partial charge in [-0.15, -0.1) is 0 Å². The van der Waals surface area contributed by atoms with Crippen molar-refractivity contribution in [3.05, 3.63) is 29.6 Å². The first-order chi connectivity index (χ1) is 8.90. The van der Waals surface area contributed by atoms with Crippen molar-refractivity contribution in [2.24, 2.45) is 11.7 Å². The standard InChI is InChI=1S/C14H21FN4/c1-9-7-19(8-13(9)18(2)3)12-5-4-10(15)6-11(12)14(16)17/h4-6,9,13H,7-8H2,1-3H3,(H3,16,17). The van der Waals surface area contributed by atoms with Crippen LogP contribution in [0.3, 0.4) is 0 Å². The molecule has 5 heteroatoms. The fraction of sp³-hybridized carbons (Fsp3) is 0.500. The highest BCUT2D eigenvalue weighted by atomic mass is 19.1. The summed E-state index contributed by atoms with van der Waals surface area (Å²) in [4.78, 5) is 4.40. The number of nitrogens with zero attached hydrogens (tertiary/aromatic N) is 2. The topological polar surface area (TPSA) is 56.4 Å². The molecule has 2 atom stereocenters. The van der Waals surface area contributed by atoms with Crippen molar-refractivity contribution < 1.29 is 4.39 Å². The van der Waals surface area contributed by atoms with Gasteiger partial charge in [-0.1, -0.05) is 6.92 Å². The Hall–Kier alpha value is -1.62. The van der Waals surface area contributed by atoms with Gasteiger partial charge in [-0.3, -0.25) is 5.41 Å². The molecule has 1 aromatic carbocycles. The summed E-state index contributed by atoms with van der Waals surface area (Å²) in [6.07, 6.45) is 0. The molecule has 1 aliphatic rings. The first kappa shape index (κ1) is 13.8. The Morgan fingerprint density at radius 2 is 2.11 bits per heavy atom. The van der Waals surface area contributed by atoms with Gasteiger partial charge in [0.15, 0.2) is 0 Å². The zero-order chi connectivity index (χ0) is 14.2. The highest BCUT2D eigenvalue weighted by Crippen LogP contribution is 2.29. The quantitative estimate of drug-likeness (QED) is 0.642. The molecule has 1 aromatic rings. The van der Waals surface area contributed by atoms with Crippen LogP contribution in [0.1, 0.15) is 12.5 Å². The second-order valence-electron chi connectivity index (χ2n) is 5.49. The predicted molar refractivity (Wildman–Crippen MR) is 76.3 cm³/mol. The van der Waals surface area contributed by atoms with Crippen LogP contribution >= 0.6 is 0 Å². The lowest BCUT2D eigenvalue weighted by molar-refractivity contribution is 0.266. The van der Waals surface area contributed by atoms with E-state index in [-0.39, 0.29) is 11.7 Å². The molecule has 19 heavy (non-hydrogen) atoms. The summed E-state index contributed by atoms with van der Waals surface area (Å²) in [7, 11) is 4.14. The average Bonchev–Trinajstić information content (AvgIpc) is 2.71. The summed E-state index contributed by atoms with van der Waals surface area (Å²) in [5.41, 5.74) is 6.89. The smallest absolute Gasteiger partial charge is 0.125 e. The van der Waals surface area contributed by atoms with Crippen LogP contribution in [0.4, 0.5) is 10.1 Å². The van der Waals surface area contributed by atoms with E-state index >= 15 is 0 Å². The fourth-order valence-corrected chi connectivity index (χ4v) is 2.82. The molecule has 0 aliphatic carbocycles. The van der Waals surface area contributed by atoms with Crippen LogP contribution in [-0.2, 0) is 0 Å². The SMILES string of the molecule is CC1CN(c2ccc(F)cc2C(=N)N)CC1N(C)C. The van der Waals surface area contributed by atoms with Gasteiger partial charge < -0.3 is 15.5 Å². The molecule has 3 N–H and O–H groups in total. The van der Waals surface area contributed by atoms with E-state index < -0.39 is 0 Å². The number of nitrogen functional groups attached to an aromatic ring is 1. The Bertz CT molecular complexity index is 486. The molecule has 1 heterocycles. The molecule has 0 amide bonds. The number of anilines is 1. The van der Waals surface area contributed by atoms with Crippen LogP contribution in [0.5, 0.6) is 0 Å². The minimum Gasteiger partial charge on any atom is -0.384 e. The third-order valence-electron chi connectivity index (χ3n) is 3.83. The number of rotatable bonds is 3. The zero-order valence-electron chi connectivity index (χ0n) is 11.7. The summed E-state index contributed by atoms with van der Waals surface area (Å²) in [6, 6.07) is 4.95. The Kier molecular flexibility index (Phi) is 3.75. The van der Waals surface area contributed by atoms with Gasteiger partial charge in [0.05, 0.1) is 0 Å². The lowest BCUT2D eigenvalue weighted by atomic mass is 10.1. The highest BCUT2D eigenvalue weighted by molar-refractivity contribution is 6.00. The second-order valence-corrected chi connectivity index (χ2v) is 5.49. The summed E-state index contributed by atoms with van der Waals surface area (Å²) in [5.74, 6) is 0.0840. The highest BCUT2D eigenvalue weighted by Gasteiger charge is 2.32. The summed E-state index contributed by atoms with van der Waals surface area (Å²) in [5, 5.41) is 7.60. The van der Waals surface area contributed by atoms with Crippen molar-refractivity contribution >= 4 is 11.5 Å². The van der Waals surface area contributed by atoms with E-state index in [9.17, 15) is 4.39 Å². The Labute approximate surface area is 113 Å². The van der Waals surface area contributed by atoms with E-state index in [1.54, 1.807) is 6.07 Å². The van der Waals surface area contributed by atoms with E-state index in [0.29, 0.717) is 17.5 Å². The van der Waals surface area contributed by atoms with Crippen molar-refractivity contribution in [1.82, 2.24) is 4.90 Å². The molecule has 0 bridgehead atoms. The third kappa shape index (κ3) is 2.71. The zero-order valence-corrected chi connectivity index (χ0v) is 11.7. The molecule has 0 aromatic heterocycles. The van der Waals surface area contributed by atoms with Gasteiger partial charge in [0.2, 0.25) is 0 Å². The number of amidine groups is 1. The van der Waals surface area contributed by atoms with Crippen LogP contribution in [0.25, 0.3) is 0 Å². The van der Waals surface area contributed by atoms with E-state index in [2.05, 4.69) is 30.8 Å². The summed E-state index contributed by atoms with van der Waals surface area (Å²) in [6.45, 7) is 3.98. The van der Waals surface area contributed by atoms with Crippen molar-refractivity contribution in [3.63, 3.8) is 0 Å². The molecule has 104 valence electrons. The molecule has 1 fully saturated rings. The van der Waals surface area contributed by atoms with Gasteiger partial charge in [-0.05, 0) is 38.2 Å². The molecular formula is C14H21FN4. The van der Waals surface area contributed by atoms with Crippen molar-refractivity contribution in [1.29, 1.82) is 5.41 Å². The molecule has 1 aliphatic heterocycles. The molecule has 4 nitrogen and oxygen atoms in total. The molecule has 0 spiro atoms. The van der Waals surface area contributed by atoms with Crippen LogP contribution in [-0.4, -0.2) is 44.0 Å². The molecule has 0 radical (unpaired) electrons. The second kappa shape index (κ2) is 5.17. The van der Waals surface area contributed by atoms with E-state index in [0.717, 1.165) is 18.8 Å². The van der Waals surface area contributed by atoms with Crippen molar-refractivity contribution in [2.45, 2.75) is 13.0 Å². The van der Waals surface area contributed by atoms with E-state index in [4.69, 9.17) is 11.1 Å². The summed E-state index contributed by atoms with van der Waals surface area (Å²) < 4.78 is 13.3. The van der Waals surface area contributed by atoms with Gasteiger partial charge in [-0.2, -0.15) is 0 Å². The van der Waals surface area contributed by atoms with Gasteiger partial charge in [-0.25, -0.2) is 4.39 Å². The molecule has 2 unspecified atom stereocenters. The lowest BCUT2D eigenvalue weighted by Gasteiger charge is -2.24. The maximum absolute atomic E-state index is 13.3. The molecule has 2 rings (SSSR count). The number of nitrogens with two attached hydrogens (primary N) is 1. The number of likely N-dealkylation sites (N-methyl/N-ethyl adjacent to an activating group) is 1. The molecule has 0 saturated carbocycles. The minimum absolute atomic E-state index is 0.0875. The van der Waals surface area contributed by atoms with Gasteiger partial charge >= 0.3 is 0 Å². The third-order valence-corrected chi connectivity index (χ3v) is 3.83. The Morgan fingerprint density at radius 3 is 2.63 bits per heavy atom. The number of halogens is 1. The fourth-order valence-electron chi connectivity index (χ4n) is 2.82. The first-order valence-electron chi connectivity index (χ1n) is 6.45. The minimum atomic E-state index is -0.356. The van der Waals surface area contributed by atoms with E-state index in [1.165, 1.54) is 12.1 Å². The van der Waals surface area contributed by atoms with Gasteiger partial charge in [0, 0.05) is 30.4 Å². The Balaban J connectivity index is 2.31.